The Morgan fingerprint density at radius 1 is 1.15 bits per heavy atom. The molecular weight excluding hydrogens is 252 g/mol. The van der Waals surface area contributed by atoms with Gasteiger partial charge in [-0.2, -0.15) is 0 Å². The third-order valence-corrected chi connectivity index (χ3v) is 3.09. The molecule has 20 heavy (non-hydrogen) atoms. The van der Waals surface area contributed by atoms with E-state index in [1.54, 1.807) is 0 Å². The minimum atomic E-state index is -0.649. The molecule has 0 aliphatic rings. The van der Waals surface area contributed by atoms with E-state index in [0.29, 0.717) is 0 Å². The topological polar surface area (TPSA) is 38.7 Å². The maximum absolute atomic E-state index is 9.85. The molecule has 3 heteroatoms. The summed E-state index contributed by atoms with van der Waals surface area (Å²) in [7, 11) is 0. The van der Waals surface area contributed by atoms with Gasteiger partial charge in [-0.15, -0.1) is 0 Å². The van der Waals surface area contributed by atoms with Crippen LogP contribution in [0, 0.1) is 0 Å². The summed E-state index contributed by atoms with van der Waals surface area (Å²) >= 11 is 0. The Labute approximate surface area is 119 Å². The number of benzene rings is 2. The number of aliphatic hydroxyl groups excluding tert-OH is 1. The lowest BCUT2D eigenvalue weighted by atomic mass is 10.1. The normalized spacial score (nSPS) is 13.2. The van der Waals surface area contributed by atoms with E-state index in [4.69, 9.17) is 9.47 Å². The van der Waals surface area contributed by atoms with Crippen molar-refractivity contribution >= 4 is 10.8 Å². The van der Waals surface area contributed by atoms with Crippen LogP contribution in [-0.2, 0) is 4.74 Å². The fraction of sp³-hybridized carbons (Fsp3) is 0.294. The molecule has 0 amide bonds. The second kappa shape index (κ2) is 6.96. The Kier molecular flexibility index (Phi) is 5.02. The largest absolute Gasteiger partial charge is 0.496 e. The van der Waals surface area contributed by atoms with Crippen molar-refractivity contribution in [1.29, 1.82) is 0 Å². The smallest absolute Gasteiger partial charge is 0.127 e. The number of aliphatic hydroxyl groups is 1. The molecule has 0 fully saturated rings. The molecule has 2 rings (SSSR count). The third-order valence-electron chi connectivity index (χ3n) is 3.09. The Morgan fingerprint density at radius 2 is 1.90 bits per heavy atom. The maximum Gasteiger partial charge on any atom is 0.127 e. The number of rotatable bonds is 6. The average molecular weight is 272 g/mol. The number of allylic oxidation sites excluding steroid dienone is 2. The van der Waals surface area contributed by atoms with Crippen LogP contribution in [0.15, 0.2) is 54.3 Å². The standard InChI is InChI=1S/C17H20O3/c1-3-13(2)19-11-15(18)12-20-17-10-6-8-14-7-4-5-9-16(14)17/h3-10,15,18H,11-12H2,1-2H3/b13-3+. The van der Waals surface area contributed by atoms with Gasteiger partial charge in [0.05, 0.1) is 5.76 Å². The number of fused-ring (bicyclic) bond motifs is 1. The molecule has 0 saturated carbocycles. The zero-order valence-electron chi connectivity index (χ0n) is 11.9. The highest BCUT2D eigenvalue weighted by Crippen LogP contribution is 2.25. The molecule has 0 aromatic heterocycles. The van der Waals surface area contributed by atoms with E-state index < -0.39 is 6.10 Å². The molecule has 2 aromatic carbocycles. The van der Waals surface area contributed by atoms with E-state index >= 15 is 0 Å². The molecule has 0 saturated heterocycles. The van der Waals surface area contributed by atoms with Crippen molar-refractivity contribution in [2.24, 2.45) is 0 Å². The monoisotopic (exact) mass is 272 g/mol. The minimum Gasteiger partial charge on any atom is -0.496 e. The summed E-state index contributed by atoms with van der Waals surface area (Å²) in [5.74, 6) is 1.58. The molecule has 1 atom stereocenters. The van der Waals surface area contributed by atoms with E-state index in [9.17, 15) is 5.11 Å². The first-order valence-electron chi connectivity index (χ1n) is 6.75. The lowest BCUT2D eigenvalue weighted by molar-refractivity contribution is 0.0383. The van der Waals surface area contributed by atoms with Crippen LogP contribution in [0.4, 0.5) is 0 Å². The van der Waals surface area contributed by atoms with Gasteiger partial charge < -0.3 is 14.6 Å². The predicted octanol–water partition coefficient (Wildman–Crippen LogP) is 3.52. The number of hydrogen-bond acceptors (Lipinski definition) is 3. The molecule has 2 aromatic rings. The van der Waals surface area contributed by atoms with Crippen LogP contribution in [0.3, 0.4) is 0 Å². The average Bonchev–Trinajstić information content (AvgIpc) is 2.50. The zero-order chi connectivity index (χ0) is 14.4. The highest BCUT2D eigenvalue weighted by Gasteiger charge is 2.08. The molecule has 3 nitrogen and oxygen atoms in total. The first-order chi connectivity index (χ1) is 9.70. The zero-order valence-corrected chi connectivity index (χ0v) is 11.9. The van der Waals surface area contributed by atoms with E-state index in [0.717, 1.165) is 22.3 Å². The fourth-order valence-corrected chi connectivity index (χ4v) is 1.87. The second-order valence-corrected chi connectivity index (χ2v) is 4.65. The molecule has 0 aliphatic carbocycles. The van der Waals surface area contributed by atoms with Crippen molar-refractivity contribution in [1.82, 2.24) is 0 Å². The quantitative estimate of drug-likeness (QED) is 0.818. The van der Waals surface area contributed by atoms with Crippen molar-refractivity contribution in [3.05, 3.63) is 54.3 Å². The predicted molar refractivity (Wildman–Crippen MR) is 80.8 cm³/mol. The lowest BCUT2D eigenvalue weighted by Crippen LogP contribution is -2.23. The van der Waals surface area contributed by atoms with E-state index in [1.165, 1.54) is 0 Å². The van der Waals surface area contributed by atoms with Crippen LogP contribution in [0.5, 0.6) is 5.75 Å². The van der Waals surface area contributed by atoms with Gasteiger partial charge in [0.2, 0.25) is 0 Å². The van der Waals surface area contributed by atoms with Gasteiger partial charge in [0.1, 0.15) is 25.1 Å². The van der Waals surface area contributed by atoms with Gasteiger partial charge in [-0.25, -0.2) is 0 Å². The Balaban J connectivity index is 1.96. The molecule has 0 spiro atoms. The van der Waals surface area contributed by atoms with Crippen LogP contribution < -0.4 is 4.74 Å². The second-order valence-electron chi connectivity index (χ2n) is 4.65. The SMILES string of the molecule is C/C=C(\C)OCC(O)COc1cccc2ccccc12. The lowest BCUT2D eigenvalue weighted by Gasteiger charge is -2.14. The van der Waals surface area contributed by atoms with E-state index in [1.807, 2.05) is 62.4 Å². The Bertz CT molecular complexity index is 584. The molecule has 0 aliphatic heterocycles. The van der Waals surface area contributed by atoms with Gasteiger partial charge in [-0.1, -0.05) is 42.5 Å². The van der Waals surface area contributed by atoms with Gasteiger partial charge in [0.15, 0.2) is 0 Å². The van der Waals surface area contributed by atoms with Crippen molar-refractivity contribution in [3.63, 3.8) is 0 Å². The maximum atomic E-state index is 9.85. The molecule has 0 heterocycles. The Hall–Kier alpha value is -2.00. The fourth-order valence-electron chi connectivity index (χ4n) is 1.87. The molecule has 0 bridgehead atoms. The first kappa shape index (κ1) is 14.4. The van der Waals surface area contributed by atoms with Crippen molar-refractivity contribution in [2.75, 3.05) is 13.2 Å². The van der Waals surface area contributed by atoms with Crippen LogP contribution in [-0.4, -0.2) is 24.4 Å². The van der Waals surface area contributed by atoms with Crippen molar-refractivity contribution in [2.45, 2.75) is 20.0 Å². The van der Waals surface area contributed by atoms with Gasteiger partial charge in [-0.05, 0) is 25.3 Å². The van der Waals surface area contributed by atoms with Gasteiger partial charge in [-0.3, -0.25) is 0 Å². The van der Waals surface area contributed by atoms with Crippen LogP contribution >= 0.6 is 0 Å². The van der Waals surface area contributed by atoms with Gasteiger partial charge in [0, 0.05) is 5.39 Å². The summed E-state index contributed by atoms with van der Waals surface area (Å²) in [4.78, 5) is 0. The number of ether oxygens (including phenoxy) is 2. The van der Waals surface area contributed by atoms with Crippen LogP contribution in [0.1, 0.15) is 13.8 Å². The summed E-state index contributed by atoms with van der Waals surface area (Å²) in [5, 5.41) is 12.0. The Morgan fingerprint density at radius 3 is 2.70 bits per heavy atom. The summed E-state index contributed by atoms with van der Waals surface area (Å²) in [6.07, 6.45) is 1.21. The third kappa shape index (κ3) is 3.75. The summed E-state index contributed by atoms with van der Waals surface area (Å²) in [6.45, 7) is 4.21. The molecular formula is C17H20O3. The highest BCUT2D eigenvalue weighted by molar-refractivity contribution is 5.88. The minimum absolute atomic E-state index is 0.213. The first-order valence-corrected chi connectivity index (χ1v) is 6.75. The highest BCUT2D eigenvalue weighted by atomic mass is 16.5. The van der Waals surface area contributed by atoms with Gasteiger partial charge >= 0.3 is 0 Å². The van der Waals surface area contributed by atoms with Crippen LogP contribution in [0.25, 0.3) is 10.8 Å². The van der Waals surface area contributed by atoms with E-state index in [2.05, 4.69) is 0 Å². The number of hydrogen-bond donors (Lipinski definition) is 1. The molecule has 106 valence electrons. The van der Waals surface area contributed by atoms with Crippen LogP contribution in [0.2, 0.25) is 0 Å². The molecule has 0 radical (unpaired) electrons. The van der Waals surface area contributed by atoms with Gasteiger partial charge in [0.25, 0.3) is 0 Å². The summed E-state index contributed by atoms with van der Waals surface area (Å²) in [5.41, 5.74) is 0. The summed E-state index contributed by atoms with van der Waals surface area (Å²) in [6, 6.07) is 13.9. The summed E-state index contributed by atoms with van der Waals surface area (Å²) < 4.78 is 11.1. The molecule has 1 unspecified atom stereocenters. The van der Waals surface area contributed by atoms with E-state index in [-0.39, 0.29) is 13.2 Å². The van der Waals surface area contributed by atoms with Crippen molar-refractivity contribution in [3.8, 4) is 5.75 Å². The van der Waals surface area contributed by atoms with Crippen molar-refractivity contribution < 1.29 is 14.6 Å². The molecule has 1 N–H and O–H groups in total.